The maximum atomic E-state index is 14.3. The first kappa shape index (κ1) is 23.1. The molecule has 1 saturated heterocycles. The number of anilines is 4. The van der Waals surface area contributed by atoms with E-state index in [1.54, 1.807) is 4.90 Å². The van der Waals surface area contributed by atoms with Gasteiger partial charge in [0.2, 0.25) is 17.8 Å². The van der Waals surface area contributed by atoms with Crippen molar-refractivity contribution in [3.8, 4) is 0 Å². The van der Waals surface area contributed by atoms with Crippen molar-refractivity contribution < 1.29 is 18.0 Å². The van der Waals surface area contributed by atoms with Crippen molar-refractivity contribution in [1.82, 2.24) is 25.1 Å². The van der Waals surface area contributed by atoms with Gasteiger partial charge in [0.15, 0.2) is 5.82 Å². The summed E-state index contributed by atoms with van der Waals surface area (Å²) in [5, 5.41) is 13.0. The van der Waals surface area contributed by atoms with Crippen LogP contribution in [0.3, 0.4) is 0 Å². The molecule has 5 rings (SSSR count). The van der Waals surface area contributed by atoms with Gasteiger partial charge in [0, 0.05) is 30.3 Å². The van der Waals surface area contributed by atoms with Gasteiger partial charge in [-0.05, 0) is 30.9 Å². The molecule has 3 aromatic rings. The van der Waals surface area contributed by atoms with E-state index in [-0.39, 0.29) is 29.3 Å². The molecule has 0 radical (unpaired) electrons. The first-order chi connectivity index (χ1) is 16.7. The molecule has 0 spiro atoms. The van der Waals surface area contributed by atoms with Crippen molar-refractivity contribution >= 4 is 29.2 Å². The highest BCUT2D eigenvalue weighted by Gasteiger charge is 2.42. The van der Waals surface area contributed by atoms with E-state index >= 15 is 0 Å². The number of rotatable bonds is 6. The summed E-state index contributed by atoms with van der Waals surface area (Å²) in [7, 11) is 0. The quantitative estimate of drug-likeness (QED) is 0.453. The molecule has 1 aliphatic heterocycles. The summed E-state index contributed by atoms with van der Waals surface area (Å²) in [6, 6.07) is 3.79. The van der Waals surface area contributed by atoms with Crippen LogP contribution in [0.4, 0.5) is 36.4 Å². The highest BCUT2D eigenvalue weighted by molar-refractivity contribution is 5.96. The molecule has 12 heteroatoms. The van der Waals surface area contributed by atoms with Crippen LogP contribution in [-0.4, -0.2) is 49.6 Å². The topological polar surface area (TPSA) is 112 Å². The number of aromatic nitrogens is 5. The van der Waals surface area contributed by atoms with E-state index in [2.05, 4.69) is 35.8 Å². The smallest absolute Gasteiger partial charge is 0.257 e. The van der Waals surface area contributed by atoms with Crippen LogP contribution in [0.15, 0.2) is 24.4 Å². The van der Waals surface area contributed by atoms with E-state index in [4.69, 9.17) is 0 Å². The van der Waals surface area contributed by atoms with E-state index in [9.17, 15) is 18.0 Å². The van der Waals surface area contributed by atoms with Crippen LogP contribution in [-0.2, 0) is 17.6 Å². The van der Waals surface area contributed by atoms with Gasteiger partial charge in [0.1, 0.15) is 11.9 Å². The maximum absolute atomic E-state index is 14.3. The Morgan fingerprint density at radius 2 is 2.09 bits per heavy atom. The van der Waals surface area contributed by atoms with E-state index < -0.39 is 30.8 Å². The molecule has 1 aliphatic carbocycles. The molecule has 0 aromatic carbocycles. The number of alkyl halides is 2. The number of carbonyl (C=O) groups is 1. The third-order valence-electron chi connectivity index (χ3n) is 6.22. The zero-order valence-electron chi connectivity index (χ0n) is 19.3. The first-order valence-corrected chi connectivity index (χ1v) is 11.5. The van der Waals surface area contributed by atoms with Gasteiger partial charge < -0.3 is 15.5 Å². The molecule has 3 aromatic heterocycles. The lowest BCUT2D eigenvalue weighted by Crippen LogP contribution is -2.40. The molecule has 1 unspecified atom stereocenters. The van der Waals surface area contributed by atoms with Gasteiger partial charge in [-0.1, -0.05) is 13.8 Å². The number of hydrogen-bond donors (Lipinski definition) is 3. The zero-order valence-corrected chi connectivity index (χ0v) is 19.3. The number of hydrogen-bond acceptors (Lipinski definition) is 7. The molecular formula is C23H25F3N8O. The molecule has 0 saturated carbocycles. The fraction of sp³-hybridized carbons (Fsp3) is 0.435. The van der Waals surface area contributed by atoms with Crippen molar-refractivity contribution in [1.29, 1.82) is 0 Å². The molecule has 35 heavy (non-hydrogen) atoms. The summed E-state index contributed by atoms with van der Waals surface area (Å²) in [6.45, 7) is 4.52. The molecular weight excluding hydrogens is 461 g/mol. The Labute approximate surface area is 199 Å². The number of amides is 1. The van der Waals surface area contributed by atoms with Crippen LogP contribution in [0.1, 0.15) is 49.6 Å². The summed E-state index contributed by atoms with van der Waals surface area (Å²) in [5.41, 5.74) is 1.87. The molecule has 1 fully saturated rings. The fourth-order valence-electron chi connectivity index (χ4n) is 4.42. The Morgan fingerprint density at radius 1 is 1.26 bits per heavy atom. The molecule has 1 amide bonds. The van der Waals surface area contributed by atoms with Crippen LogP contribution >= 0.6 is 0 Å². The highest BCUT2D eigenvalue weighted by Crippen LogP contribution is 2.39. The molecule has 1 atom stereocenters. The molecule has 9 nitrogen and oxygen atoms in total. The van der Waals surface area contributed by atoms with Crippen molar-refractivity contribution in [3.05, 3.63) is 47.3 Å². The van der Waals surface area contributed by atoms with Gasteiger partial charge in [0.25, 0.3) is 5.92 Å². The number of pyridine rings is 1. The monoisotopic (exact) mass is 486 g/mol. The highest BCUT2D eigenvalue weighted by atomic mass is 19.3. The predicted molar refractivity (Wildman–Crippen MR) is 124 cm³/mol. The Morgan fingerprint density at radius 3 is 2.80 bits per heavy atom. The Kier molecular flexibility index (Phi) is 5.81. The van der Waals surface area contributed by atoms with Gasteiger partial charge in [-0.25, -0.2) is 18.7 Å². The lowest BCUT2D eigenvalue weighted by molar-refractivity contribution is -0.117. The first-order valence-electron chi connectivity index (χ1n) is 11.5. The zero-order chi connectivity index (χ0) is 24.7. The van der Waals surface area contributed by atoms with Crippen LogP contribution in [0, 0.1) is 5.95 Å². The number of carbonyl (C=O) groups excluding carboxylic acids is 1. The van der Waals surface area contributed by atoms with Gasteiger partial charge in [-0.15, -0.1) is 0 Å². The maximum Gasteiger partial charge on any atom is 0.257 e. The van der Waals surface area contributed by atoms with Crippen molar-refractivity contribution in [2.75, 3.05) is 22.1 Å². The number of aromatic amines is 1. The summed E-state index contributed by atoms with van der Waals surface area (Å²) in [4.78, 5) is 27.3. The third kappa shape index (κ3) is 4.77. The number of H-pyrrole nitrogens is 1. The minimum Gasteiger partial charge on any atom is -0.329 e. The molecule has 0 bridgehead atoms. The predicted octanol–water partition coefficient (Wildman–Crippen LogP) is 3.94. The third-order valence-corrected chi connectivity index (χ3v) is 6.22. The number of nitrogens with zero attached hydrogens (tertiary/aromatic N) is 5. The van der Waals surface area contributed by atoms with Gasteiger partial charge in [0.05, 0.1) is 24.0 Å². The summed E-state index contributed by atoms with van der Waals surface area (Å²) in [5.74, 6) is -2.74. The van der Waals surface area contributed by atoms with Crippen LogP contribution < -0.4 is 15.5 Å². The fourth-order valence-corrected chi connectivity index (χ4v) is 4.42. The Hall–Kier alpha value is -3.70. The minimum atomic E-state index is -2.92. The largest absolute Gasteiger partial charge is 0.329 e. The summed E-state index contributed by atoms with van der Waals surface area (Å²) in [6.07, 6.45) is 1.52. The standard InChI is InChI=1S/C23H25F3N8O/c1-12(2)15-8-19(33-32-15)30-20-14-9-23(25,26)10-16(14)29-22(31-20)34-7-3-4-17(34)21(35)28-13-5-6-18(24)27-11-13/h5-6,8,11-12,17H,3-4,7,9-10H2,1-2H3,(H,28,35)(H2,29,30,31,32,33). The van der Waals surface area contributed by atoms with Crippen molar-refractivity contribution in [2.45, 2.75) is 57.4 Å². The van der Waals surface area contributed by atoms with Crippen LogP contribution in [0.25, 0.3) is 0 Å². The molecule has 2 aliphatic rings. The minimum absolute atomic E-state index is 0.207. The van der Waals surface area contributed by atoms with E-state index in [1.165, 1.54) is 12.3 Å². The van der Waals surface area contributed by atoms with Crippen molar-refractivity contribution in [3.63, 3.8) is 0 Å². The second-order valence-corrected chi connectivity index (χ2v) is 9.21. The number of halogens is 3. The van der Waals surface area contributed by atoms with Crippen molar-refractivity contribution in [2.24, 2.45) is 0 Å². The van der Waals surface area contributed by atoms with Gasteiger partial charge >= 0.3 is 0 Å². The van der Waals surface area contributed by atoms with Crippen LogP contribution in [0.2, 0.25) is 0 Å². The number of nitrogens with one attached hydrogen (secondary N) is 3. The number of fused-ring (bicyclic) bond motifs is 1. The molecule has 184 valence electrons. The summed E-state index contributed by atoms with van der Waals surface area (Å²) < 4.78 is 41.7. The average molecular weight is 487 g/mol. The second kappa shape index (κ2) is 8.82. The van der Waals surface area contributed by atoms with E-state index in [1.807, 2.05) is 19.9 Å². The lowest BCUT2D eigenvalue weighted by atomic mass is 10.1. The van der Waals surface area contributed by atoms with Gasteiger partial charge in [-0.2, -0.15) is 14.5 Å². The van der Waals surface area contributed by atoms with E-state index in [0.717, 1.165) is 11.8 Å². The average Bonchev–Trinajstić information content (AvgIpc) is 3.52. The SMILES string of the molecule is CC(C)c1cc(Nc2nc(N3CCCC3C(=O)Nc3ccc(F)nc3)nc3c2CC(F)(F)C3)n[nH]1. The molecule has 4 heterocycles. The van der Waals surface area contributed by atoms with Gasteiger partial charge in [-0.3, -0.25) is 9.89 Å². The normalized spacial score (nSPS) is 18.7. The second-order valence-electron chi connectivity index (χ2n) is 9.21. The summed E-state index contributed by atoms with van der Waals surface area (Å²) >= 11 is 0. The molecule has 3 N–H and O–H groups in total. The lowest BCUT2D eigenvalue weighted by Gasteiger charge is -2.25. The Balaban J connectivity index is 1.44. The van der Waals surface area contributed by atoms with Crippen LogP contribution in [0.5, 0.6) is 0 Å². The Bertz CT molecular complexity index is 1240. The van der Waals surface area contributed by atoms with E-state index in [0.29, 0.717) is 36.5 Å².